The molecular formula is C30H31ClN4O3. The first-order valence-corrected chi connectivity index (χ1v) is 13.3. The molecule has 6 rings (SSSR count). The first-order valence-electron chi connectivity index (χ1n) is 12.9. The molecule has 3 heterocycles. The molecule has 0 saturated carbocycles. The van der Waals surface area contributed by atoms with Gasteiger partial charge in [-0.2, -0.15) is 0 Å². The summed E-state index contributed by atoms with van der Waals surface area (Å²) in [5.41, 5.74) is 3.40. The third-order valence-corrected chi connectivity index (χ3v) is 8.58. The van der Waals surface area contributed by atoms with E-state index in [4.69, 9.17) is 21.1 Å². The second-order valence-corrected chi connectivity index (χ2v) is 10.6. The number of ether oxygens (including phenoxy) is 2. The highest BCUT2D eigenvalue weighted by molar-refractivity contribution is 6.31. The van der Waals surface area contributed by atoms with Crippen molar-refractivity contribution >= 4 is 29.2 Å². The molecule has 2 saturated heterocycles. The van der Waals surface area contributed by atoms with Gasteiger partial charge in [-0.25, -0.2) is 9.69 Å². The van der Waals surface area contributed by atoms with Gasteiger partial charge in [0.05, 0.1) is 19.9 Å². The number of rotatable bonds is 5. The van der Waals surface area contributed by atoms with E-state index in [2.05, 4.69) is 17.0 Å². The first-order chi connectivity index (χ1) is 18.4. The van der Waals surface area contributed by atoms with E-state index in [0.717, 1.165) is 30.8 Å². The monoisotopic (exact) mass is 530 g/mol. The first kappa shape index (κ1) is 24.8. The van der Waals surface area contributed by atoms with Gasteiger partial charge < -0.3 is 14.4 Å². The van der Waals surface area contributed by atoms with Crippen LogP contribution in [0.25, 0.3) is 0 Å². The molecule has 0 bridgehead atoms. The predicted molar refractivity (Wildman–Crippen MR) is 149 cm³/mol. The Morgan fingerprint density at radius 3 is 2.42 bits per heavy atom. The average Bonchev–Trinajstić information content (AvgIpc) is 3.14. The number of piperidine rings is 1. The molecule has 0 aliphatic carbocycles. The summed E-state index contributed by atoms with van der Waals surface area (Å²) in [6.07, 6.45) is 2.27. The number of carbonyl (C=O) groups excluding carboxylic acids is 1. The maximum absolute atomic E-state index is 14.1. The largest absolute Gasteiger partial charge is 0.493 e. The molecule has 3 aromatic rings. The molecule has 3 aliphatic rings. The van der Waals surface area contributed by atoms with Crippen molar-refractivity contribution in [1.29, 1.82) is 5.41 Å². The van der Waals surface area contributed by atoms with Gasteiger partial charge in [0.15, 0.2) is 11.5 Å². The minimum Gasteiger partial charge on any atom is -0.493 e. The van der Waals surface area contributed by atoms with Gasteiger partial charge in [-0.15, -0.1) is 0 Å². The molecule has 1 spiro atoms. The zero-order valence-corrected chi connectivity index (χ0v) is 22.4. The van der Waals surface area contributed by atoms with Gasteiger partial charge in [0.1, 0.15) is 11.4 Å². The Bertz CT molecular complexity index is 1380. The second-order valence-electron chi connectivity index (χ2n) is 10.2. The number of hydrogen-bond acceptors (Lipinski definition) is 5. The molecule has 3 aliphatic heterocycles. The van der Waals surface area contributed by atoms with Gasteiger partial charge in [0.25, 0.3) is 0 Å². The van der Waals surface area contributed by atoms with Crippen LogP contribution in [-0.2, 0) is 13.0 Å². The summed E-state index contributed by atoms with van der Waals surface area (Å²) in [5, 5.41) is 10.1. The van der Waals surface area contributed by atoms with E-state index in [-0.39, 0.29) is 12.1 Å². The number of fused-ring (bicyclic) bond motifs is 3. The fourth-order valence-electron chi connectivity index (χ4n) is 6.35. The smallest absolute Gasteiger partial charge is 0.331 e. The van der Waals surface area contributed by atoms with E-state index in [0.29, 0.717) is 41.7 Å². The molecule has 0 radical (unpaired) electrons. The van der Waals surface area contributed by atoms with Gasteiger partial charge in [-0.3, -0.25) is 10.3 Å². The van der Waals surface area contributed by atoms with Gasteiger partial charge in [-0.05, 0) is 72.4 Å². The Hall–Kier alpha value is -3.55. The third kappa shape index (κ3) is 3.92. The highest BCUT2D eigenvalue weighted by atomic mass is 35.5. The minimum atomic E-state index is -0.741. The average molecular weight is 531 g/mol. The summed E-state index contributed by atoms with van der Waals surface area (Å²) >= 11 is 6.15. The van der Waals surface area contributed by atoms with Crippen LogP contribution in [0.1, 0.15) is 35.6 Å². The van der Waals surface area contributed by atoms with Crippen molar-refractivity contribution in [3.8, 4) is 11.5 Å². The molecule has 2 fully saturated rings. The van der Waals surface area contributed by atoms with Crippen molar-refractivity contribution in [3.05, 3.63) is 88.4 Å². The molecule has 2 atom stereocenters. The Labute approximate surface area is 228 Å². The number of amidine groups is 1. The number of carbonyl (C=O) groups is 1. The SMILES string of the molecule is COc1cc2c(cc1OC)[C@@H]1C[C@]3(CCN1CC2)C(=N)N(c1ccc(Cl)cc1)C(=O)N3Cc1ccccc1. The zero-order chi connectivity index (χ0) is 26.4. The third-order valence-electron chi connectivity index (χ3n) is 8.33. The van der Waals surface area contributed by atoms with Crippen LogP contribution in [-0.4, -0.2) is 54.5 Å². The van der Waals surface area contributed by atoms with Crippen LogP contribution in [0.3, 0.4) is 0 Å². The number of halogens is 1. The van der Waals surface area contributed by atoms with E-state index < -0.39 is 5.54 Å². The molecule has 3 aromatic carbocycles. The van der Waals surface area contributed by atoms with Crippen molar-refractivity contribution in [2.45, 2.75) is 37.4 Å². The lowest BCUT2D eigenvalue weighted by molar-refractivity contribution is 0.0508. The molecule has 0 aromatic heterocycles. The van der Waals surface area contributed by atoms with Crippen molar-refractivity contribution < 1.29 is 14.3 Å². The number of nitrogens with one attached hydrogen (secondary N) is 1. The summed E-state index contributed by atoms with van der Waals surface area (Å²) in [5.74, 6) is 1.76. The van der Waals surface area contributed by atoms with Crippen molar-refractivity contribution in [1.82, 2.24) is 9.80 Å². The van der Waals surface area contributed by atoms with E-state index in [1.807, 2.05) is 47.4 Å². The quantitative estimate of drug-likeness (QED) is 0.445. The summed E-state index contributed by atoms with van der Waals surface area (Å²) in [4.78, 5) is 20.1. The number of nitrogens with zero attached hydrogens (tertiary/aromatic N) is 3. The summed E-state index contributed by atoms with van der Waals surface area (Å²) in [6.45, 7) is 2.18. The fourth-order valence-corrected chi connectivity index (χ4v) is 6.47. The fraction of sp³-hybridized carbons (Fsp3) is 0.333. The van der Waals surface area contributed by atoms with Crippen LogP contribution in [0, 0.1) is 5.41 Å². The molecule has 1 N–H and O–H groups in total. The molecule has 38 heavy (non-hydrogen) atoms. The maximum Gasteiger partial charge on any atom is 0.331 e. The van der Waals surface area contributed by atoms with Crippen LogP contribution < -0.4 is 14.4 Å². The van der Waals surface area contributed by atoms with Crippen molar-refractivity contribution in [3.63, 3.8) is 0 Å². The van der Waals surface area contributed by atoms with E-state index >= 15 is 0 Å². The van der Waals surface area contributed by atoms with Crippen LogP contribution in [0.15, 0.2) is 66.7 Å². The van der Waals surface area contributed by atoms with E-state index in [1.54, 1.807) is 31.3 Å². The Morgan fingerprint density at radius 2 is 1.71 bits per heavy atom. The lowest BCUT2D eigenvalue weighted by Gasteiger charge is -2.50. The topological polar surface area (TPSA) is 69.1 Å². The minimum absolute atomic E-state index is 0.0592. The van der Waals surface area contributed by atoms with E-state index in [9.17, 15) is 10.2 Å². The molecule has 7 nitrogen and oxygen atoms in total. The zero-order valence-electron chi connectivity index (χ0n) is 21.6. The Morgan fingerprint density at radius 1 is 1.00 bits per heavy atom. The van der Waals surface area contributed by atoms with E-state index in [1.165, 1.54) is 11.1 Å². The number of hydrogen-bond donors (Lipinski definition) is 1. The predicted octanol–water partition coefficient (Wildman–Crippen LogP) is 5.91. The maximum atomic E-state index is 14.1. The van der Waals surface area contributed by atoms with Crippen LogP contribution in [0.4, 0.5) is 10.5 Å². The second kappa shape index (κ2) is 9.64. The number of amides is 2. The normalized spacial score (nSPS) is 23.0. The van der Waals surface area contributed by atoms with Crippen LogP contribution in [0.5, 0.6) is 11.5 Å². The van der Waals surface area contributed by atoms with Gasteiger partial charge >= 0.3 is 6.03 Å². The number of anilines is 1. The Balaban J connectivity index is 1.43. The van der Waals surface area contributed by atoms with Crippen molar-refractivity contribution in [2.24, 2.45) is 0 Å². The molecule has 0 unspecified atom stereocenters. The summed E-state index contributed by atoms with van der Waals surface area (Å²) < 4.78 is 11.2. The number of benzene rings is 3. The standard InChI is InChI=1S/C30H31ClN4O3/c1-37-26-16-21-12-14-33-15-13-30(18-25(33)24(21)17-27(26)38-2)28(32)35(23-10-8-22(31)9-11-23)29(36)34(30)19-20-6-4-3-5-7-20/h3-11,16-17,25,32H,12-15,18-19H2,1-2H3/t25-,30+/m0/s1. The van der Waals surface area contributed by atoms with Gasteiger partial charge in [-0.1, -0.05) is 41.9 Å². The number of methoxy groups -OCH3 is 2. The highest BCUT2D eigenvalue weighted by Gasteiger charge is 2.58. The highest BCUT2D eigenvalue weighted by Crippen LogP contribution is 2.49. The lowest BCUT2D eigenvalue weighted by atomic mass is 9.76. The van der Waals surface area contributed by atoms with Gasteiger partial charge in [0, 0.05) is 30.7 Å². The van der Waals surface area contributed by atoms with Gasteiger partial charge in [0.2, 0.25) is 0 Å². The Kier molecular flexibility index (Phi) is 6.28. The van der Waals surface area contributed by atoms with Crippen LogP contribution >= 0.6 is 11.6 Å². The molecule has 2 amide bonds. The summed E-state index contributed by atoms with van der Waals surface area (Å²) in [7, 11) is 3.32. The summed E-state index contributed by atoms with van der Waals surface area (Å²) in [6, 6.07) is 21.3. The molecule has 196 valence electrons. The van der Waals surface area contributed by atoms with Crippen LogP contribution in [0.2, 0.25) is 5.02 Å². The molecule has 8 heteroatoms. The molecular weight excluding hydrogens is 500 g/mol. The number of urea groups is 1. The van der Waals surface area contributed by atoms with Crippen molar-refractivity contribution in [2.75, 3.05) is 32.2 Å². The lowest BCUT2D eigenvalue weighted by Crippen LogP contribution is -2.58.